The maximum Gasteiger partial charge on any atom is 0.229 e. The molecule has 0 aliphatic rings. The summed E-state index contributed by atoms with van der Waals surface area (Å²) >= 11 is 0. The maximum absolute atomic E-state index is 11.0. The van der Waals surface area contributed by atoms with Crippen molar-refractivity contribution >= 4 is 17.1 Å². The molecule has 0 unspecified atom stereocenters. The van der Waals surface area contributed by atoms with Gasteiger partial charge in [-0.25, -0.2) is 15.0 Å². The SMILES string of the molecule is CC(=O)n1cnc2ncncc21. The third kappa shape index (κ3) is 0.868. The first-order chi connectivity index (χ1) is 5.79. The van der Waals surface area contributed by atoms with Gasteiger partial charge in [-0.05, 0) is 0 Å². The van der Waals surface area contributed by atoms with Gasteiger partial charge in [0.05, 0.1) is 6.20 Å². The van der Waals surface area contributed by atoms with Gasteiger partial charge in [0, 0.05) is 6.92 Å². The molecule has 0 aliphatic carbocycles. The van der Waals surface area contributed by atoms with Gasteiger partial charge in [-0.15, -0.1) is 0 Å². The van der Waals surface area contributed by atoms with E-state index in [2.05, 4.69) is 15.0 Å². The number of carbonyl (C=O) groups is 1. The first-order valence-corrected chi connectivity index (χ1v) is 3.43. The normalized spacial score (nSPS) is 10.4. The van der Waals surface area contributed by atoms with Crippen molar-refractivity contribution in [3.05, 3.63) is 18.9 Å². The van der Waals surface area contributed by atoms with Crippen LogP contribution >= 0.6 is 0 Å². The lowest BCUT2D eigenvalue weighted by atomic mass is 10.5. The van der Waals surface area contributed by atoms with Gasteiger partial charge >= 0.3 is 0 Å². The zero-order valence-electron chi connectivity index (χ0n) is 6.43. The molecule has 0 saturated carbocycles. The Balaban J connectivity index is 2.79. The van der Waals surface area contributed by atoms with Gasteiger partial charge in [0.15, 0.2) is 5.65 Å². The molecule has 0 amide bonds. The smallest absolute Gasteiger partial charge is 0.229 e. The van der Waals surface area contributed by atoms with E-state index in [-0.39, 0.29) is 5.91 Å². The fourth-order valence-corrected chi connectivity index (χ4v) is 1.01. The Morgan fingerprint density at radius 3 is 3.08 bits per heavy atom. The Bertz CT molecular complexity index is 434. The fourth-order valence-electron chi connectivity index (χ4n) is 1.01. The molecule has 0 spiro atoms. The van der Waals surface area contributed by atoms with E-state index >= 15 is 0 Å². The topological polar surface area (TPSA) is 60.7 Å². The molecule has 12 heavy (non-hydrogen) atoms. The average Bonchev–Trinajstić information content (AvgIpc) is 2.47. The molecular weight excluding hydrogens is 156 g/mol. The van der Waals surface area contributed by atoms with Crippen molar-refractivity contribution in [2.24, 2.45) is 0 Å². The predicted molar refractivity (Wildman–Crippen MR) is 41.6 cm³/mol. The summed E-state index contributed by atoms with van der Waals surface area (Å²) in [5, 5.41) is 0. The standard InChI is InChI=1S/C7H6N4O/c1-5(12)11-4-10-7-6(11)2-8-3-9-7/h2-4H,1H3. The second-order valence-electron chi connectivity index (χ2n) is 2.37. The molecule has 2 aromatic heterocycles. The van der Waals surface area contributed by atoms with E-state index in [4.69, 9.17) is 0 Å². The number of rotatable bonds is 0. The minimum absolute atomic E-state index is 0.0905. The van der Waals surface area contributed by atoms with Gasteiger partial charge in [-0.3, -0.25) is 9.36 Å². The number of aromatic nitrogens is 4. The summed E-state index contributed by atoms with van der Waals surface area (Å²) in [7, 11) is 0. The molecule has 0 fully saturated rings. The summed E-state index contributed by atoms with van der Waals surface area (Å²) < 4.78 is 1.41. The van der Waals surface area contributed by atoms with Gasteiger partial charge in [0.25, 0.3) is 0 Å². The Labute approximate surface area is 68.1 Å². The van der Waals surface area contributed by atoms with Crippen molar-refractivity contribution in [2.75, 3.05) is 0 Å². The summed E-state index contributed by atoms with van der Waals surface area (Å²) in [6, 6.07) is 0. The summed E-state index contributed by atoms with van der Waals surface area (Å²) in [6.45, 7) is 1.47. The lowest BCUT2D eigenvalue weighted by Gasteiger charge is -1.93. The van der Waals surface area contributed by atoms with Crippen molar-refractivity contribution in [1.29, 1.82) is 0 Å². The molecule has 0 radical (unpaired) electrons. The highest BCUT2D eigenvalue weighted by Crippen LogP contribution is 2.06. The van der Waals surface area contributed by atoms with Crippen LogP contribution in [-0.2, 0) is 0 Å². The molecule has 0 atom stereocenters. The molecule has 2 aromatic rings. The monoisotopic (exact) mass is 162 g/mol. The Morgan fingerprint density at radius 1 is 1.50 bits per heavy atom. The molecule has 2 heterocycles. The molecule has 60 valence electrons. The molecule has 2 rings (SSSR count). The lowest BCUT2D eigenvalue weighted by molar-refractivity contribution is 0.0941. The summed E-state index contributed by atoms with van der Waals surface area (Å²) in [5.74, 6) is -0.0905. The number of fused-ring (bicyclic) bond motifs is 1. The number of hydrogen-bond acceptors (Lipinski definition) is 4. The third-order valence-electron chi connectivity index (χ3n) is 1.57. The molecule has 0 bridgehead atoms. The van der Waals surface area contributed by atoms with Gasteiger partial charge < -0.3 is 0 Å². The van der Waals surface area contributed by atoms with Crippen LogP contribution in [0.1, 0.15) is 11.7 Å². The van der Waals surface area contributed by atoms with Crippen LogP contribution in [0.5, 0.6) is 0 Å². The van der Waals surface area contributed by atoms with Crippen LogP contribution in [0.3, 0.4) is 0 Å². The van der Waals surface area contributed by atoms with Crippen molar-refractivity contribution in [1.82, 2.24) is 19.5 Å². The molecule has 0 saturated heterocycles. The number of imidazole rings is 1. The van der Waals surface area contributed by atoms with Crippen molar-refractivity contribution in [2.45, 2.75) is 6.92 Å². The fraction of sp³-hybridized carbons (Fsp3) is 0.143. The number of carbonyl (C=O) groups excluding carboxylic acids is 1. The van der Waals surface area contributed by atoms with Gasteiger partial charge in [-0.2, -0.15) is 0 Å². The molecule has 0 N–H and O–H groups in total. The van der Waals surface area contributed by atoms with E-state index in [9.17, 15) is 4.79 Å². The van der Waals surface area contributed by atoms with E-state index in [1.807, 2.05) is 0 Å². The molecule has 0 aromatic carbocycles. The quantitative estimate of drug-likeness (QED) is 0.565. The van der Waals surface area contributed by atoms with Crippen LogP contribution in [0.2, 0.25) is 0 Å². The third-order valence-corrected chi connectivity index (χ3v) is 1.57. The van der Waals surface area contributed by atoms with Crippen LogP contribution < -0.4 is 0 Å². The second kappa shape index (κ2) is 2.37. The van der Waals surface area contributed by atoms with Gasteiger partial charge in [0.2, 0.25) is 5.91 Å². The highest BCUT2D eigenvalue weighted by Gasteiger charge is 2.05. The van der Waals surface area contributed by atoms with E-state index < -0.39 is 0 Å². The van der Waals surface area contributed by atoms with Crippen LogP contribution in [0.15, 0.2) is 18.9 Å². The van der Waals surface area contributed by atoms with Crippen molar-refractivity contribution in [3.8, 4) is 0 Å². The highest BCUT2D eigenvalue weighted by atomic mass is 16.1. The van der Waals surface area contributed by atoms with Crippen LogP contribution in [0, 0.1) is 0 Å². The number of hydrogen-bond donors (Lipinski definition) is 0. The minimum atomic E-state index is -0.0905. The van der Waals surface area contributed by atoms with E-state index in [1.165, 1.54) is 24.1 Å². The molecule has 0 aliphatic heterocycles. The predicted octanol–water partition coefficient (Wildman–Crippen LogP) is 0.486. The maximum atomic E-state index is 11.0. The summed E-state index contributed by atoms with van der Waals surface area (Å²) in [5.41, 5.74) is 1.19. The zero-order chi connectivity index (χ0) is 8.55. The minimum Gasteiger partial charge on any atom is -0.274 e. The average molecular weight is 162 g/mol. The van der Waals surface area contributed by atoms with Gasteiger partial charge in [-0.1, -0.05) is 0 Å². The van der Waals surface area contributed by atoms with Gasteiger partial charge in [0.1, 0.15) is 18.2 Å². The van der Waals surface area contributed by atoms with E-state index in [1.54, 1.807) is 6.20 Å². The Kier molecular flexibility index (Phi) is 1.36. The Morgan fingerprint density at radius 2 is 2.33 bits per heavy atom. The first-order valence-electron chi connectivity index (χ1n) is 3.43. The molecule has 5 heteroatoms. The van der Waals surface area contributed by atoms with Crippen molar-refractivity contribution in [3.63, 3.8) is 0 Å². The highest BCUT2D eigenvalue weighted by molar-refractivity contribution is 5.86. The van der Waals surface area contributed by atoms with Crippen molar-refractivity contribution < 1.29 is 4.79 Å². The lowest BCUT2D eigenvalue weighted by Crippen LogP contribution is -2.03. The Hall–Kier alpha value is -1.78. The van der Waals surface area contributed by atoms with Crippen LogP contribution in [0.25, 0.3) is 11.2 Å². The zero-order valence-corrected chi connectivity index (χ0v) is 6.43. The second-order valence-corrected chi connectivity index (χ2v) is 2.37. The van der Waals surface area contributed by atoms with Crippen LogP contribution in [-0.4, -0.2) is 25.4 Å². The van der Waals surface area contributed by atoms with E-state index in [0.29, 0.717) is 11.2 Å². The summed E-state index contributed by atoms with van der Waals surface area (Å²) in [4.78, 5) is 22.6. The largest absolute Gasteiger partial charge is 0.274 e. The number of nitrogens with zero attached hydrogens (tertiary/aromatic N) is 4. The van der Waals surface area contributed by atoms with Crippen LogP contribution in [0.4, 0.5) is 0 Å². The molecular formula is C7H6N4O. The first kappa shape index (κ1) is 6.90. The van der Waals surface area contributed by atoms with E-state index in [0.717, 1.165) is 0 Å². The molecule has 5 nitrogen and oxygen atoms in total. The summed E-state index contributed by atoms with van der Waals surface area (Å²) in [6.07, 6.45) is 4.41.